The van der Waals surface area contributed by atoms with Crippen LogP contribution in [0.15, 0.2) is 30.5 Å². The van der Waals surface area contributed by atoms with Crippen molar-refractivity contribution in [1.82, 2.24) is 20.1 Å². The molecular weight excluding hydrogens is 310 g/mol. The number of likely N-dealkylation sites (N-methyl/N-ethyl adjacent to an activating group) is 1. The lowest BCUT2D eigenvalue weighted by molar-refractivity contribution is 0.232. The molecule has 0 saturated carbocycles. The van der Waals surface area contributed by atoms with E-state index in [0.717, 1.165) is 48.9 Å². The number of rotatable bonds is 5. The molecule has 1 saturated heterocycles. The van der Waals surface area contributed by atoms with Crippen molar-refractivity contribution < 1.29 is 0 Å². The van der Waals surface area contributed by atoms with Crippen molar-refractivity contribution in [3.8, 4) is 11.3 Å². The van der Waals surface area contributed by atoms with Gasteiger partial charge in [0.2, 0.25) is 5.95 Å². The lowest BCUT2D eigenvalue weighted by Gasteiger charge is -2.26. The van der Waals surface area contributed by atoms with Gasteiger partial charge in [-0.2, -0.15) is 5.10 Å². The number of hydrogen-bond donors (Lipinski definition) is 0. The maximum Gasteiger partial charge on any atom is 0.245 e. The van der Waals surface area contributed by atoms with Crippen molar-refractivity contribution in [1.29, 1.82) is 0 Å². The zero-order chi connectivity index (χ0) is 16.2. The molecule has 1 unspecified atom stereocenters. The standard InChI is InChI=1S/C17H22ClN5/c1-3-22(4-2)15-9-10-23(12-15)17-20-16(11-19-21-17)13-5-7-14(18)8-6-13/h5-8,11,15H,3-4,9-10,12H2,1-2H3. The molecule has 6 heteroatoms. The Kier molecular flexibility index (Phi) is 5.08. The number of anilines is 1. The molecule has 0 aliphatic carbocycles. The van der Waals surface area contributed by atoms with Crippen LogP contribution in [0.2, 0.25) is 5.02 Å². The van der Waals surface area contributed by atoms with Gasteiger partial charge < -0.3 is 4.90 Å². The highest BCUT2D eigenvalue weighted by Crippen LogP contribution is 2.23. The molecule has 1 atom stereocenters. The molecule has 3 rings (SSSR count). The topological polar surface area (TPSA) is 45.2 Å². The first kappa shape index (κ1) is 16.1. The Bertz CT molecular complexity index is 642. The largest absolute Gasteiger partial charge is 0.338 e. The smallest absolute Gasteiger partial charge is 0.245 e. The van der Waals surface area contributed by atoms with Crippen molar-refractivity contribution in [2.24, 2.45) is 0 Å². The summed E-state index contributed by atoms with van der Waals surface area (Å²) in [6.07, 6.45) is 2.85. The monoisotopic (exact) mass is 331 g/mol. The predicted molar refractivity (Wildman–Crippen MR) is 93.8 cm³/mol. The fraction of sp³-hybridized carbons (Fsp3) is 0.471. The predicted octanol–water partition coefficient (Wildman–Crippen LogP) is 3.11. The van der Waals surface area contributed by atoms with E-state index >= 15 is 0 Å². The molecule has 23 heavy (non-hydrogen) atoms. The summed E-state index contributed by atoms with van der Waals surface area (Å²) in [6, 6.07) is 8.22. The SMILES string of the molecule is CCN(CC)C1CCN(c2nncc(-c3ccc(Cl)cc3)n2)C1. The molecule has 2 heterocycles. The van der Waals surface area contributed by atoms with Crippen LogP contribution in [0.1, 0.15) is 20.3 Å². The van der Waals surface area contributed by atoms with Crippen LogP contribution in [0, 0.1) is 0 Å². The molecular formula is C17H22ClN5. The molecule has 1 aliphatic heterocycles. The van der Waals surface area contributed by atoms with Crippen LogP contribution in [0.25, 0.3) is 11.3 Å². The van der Waals surface area contributed by atoms with Crippen molar-refractivity contribution >= 4 is 17.5 Å². The van der Waals surface area contributed by atoms with Crippen LogP contribution in [-0.2, 0) is 0 Å². The van der Waals surface area contributed by atoms with Gasteiger partial charge in [-0.1, -0.05) is 37.6 Å². The Morgan fingerprint density at radius 2 is 1.96 bits per heavy atom. The Morgan fingerprint density at radius 3 is 2.65 bits per heavy atom. The quantitative estimate of drug-likeness (QED) is 0.842. The van der Waals surface area contributed by atoms with Crippen molar-refractivity contribution in [3.63, 3.8) is 0 Å². The third-order valence-electron chi connectivity index (χ3n) is 4.46. The maximum absolute atomic E-state index is 5.95. The van der Waals surface area contributed by atoms with Gasteiger partial charge in [-0.05, 0) is 31.6 Å². The van der Waals surface area contributed by atoms with Gasteiger partial charge in [0.1, 0.15) is 0 Å². The molecule has 0 amide bonds. The number of aromatic nitrogens is 3. The lowest BCUT2D eigenvalue weighted by Crippen LogP contribution is -2.37. The second-order valence-electron chi connectivity index (χ2n) is 5.76. The average Bonchev–Trinajstić information content (AvgIpc) is 3.07. The lowest BCUT2D eigenvalue weighted by atomic mass is 10.2. The van der Waals surface area contributed by atoms with Crippen LogP contribution in [0.4, 0.5) is 5.95 Å². The Labute approximate surface area is 142 Å². The summed E-state index contributed by atoms with van der Waals surface area (Å²) in [5, 5.41) is 9.09. The summed E-state index contributed by atoms with van der Waals surface area (Å²) in [5.41, 5.74) is 1.84. The van der Waals surface area contributed by atoms with Gasteiger partial charge in [-0.25, -0.2) is 4.98 Å². The minimum Gasteiger partial charge on any atom is -0.338 e. The molecule has 0 bridgehead atoms. The highest BCUT2D eigenvalue weighted by Gasteiger charge is 2.28. The maximum atomic E-state index is 5.95. The van der Waals surface area contributed by atoms with Crippen LogP contribution in [0.5, 0.6) is 0 Å². The van der Waals surface area contributed by atoms with E-state index in [4.69, 9.17) is 16.6 Å². The summed E-state index contributed by atoms with van der Waals surface area (Å²) in [7, 11) is 0. The van der Waals surface area contributed by atoms with E-state index in [0.29, 0.717) is 12.0 Å². The second-order valence-corrected chi connectivity index (χ2v) is 6.19. The molecule has 1 aromatic carbocycles. The third-order valence-corrected chi connectivity index (χ3v) is 4.71. The van der Waals surface area contributed by atoms with E-state index in [1.54, 1.807) is 6.20 Å². The molecule has 2 aromatic rings. The van der Waals surface area contributed by atoms with Gasteiger partial charge in [-0.3, -0.25) is 4.90 Å². The molecule has 0 N–H and O–H groups in total. The van der Waals surface area contributed by atoms with Gasteiger partial charge in [0.25, 0.3) is 0 Å². The number of nitrogens with zero attached hydrogens (tertiary/aromatic N) is 5. The van der Waals surface area contributed by atoms with Crippen LogP contribution < -0.4 is 4.90 Å². The minimum absolute atomic E-state index is 0.577. The molecule has 5 nitrogen and oxygen atoms in total. The van der Waals surface area contributed by atoms with Gasteiger partial charge in [0.15, 0.2) is 0 Å². The van der Waals surface area contributed by atoms with Gasteiger partial charge in [-0.15, -0.1) is 5.10 Å². The fourth-order valence-electron chi connectivity index (χ4n) is 3.15. The van der Waals surface area contributed by atoms with E-state index in [9.17, 15) is 0 Å². The molecule has 0 radical (unpaired) electrons. The first-order chi connectivity index (χ1) is 11.2. The minimum atomic E-state index is 0.577. The zero-order valence-electron chi connectivity index (χ0n) is 13.6. The Morgan fingerprint density at radius 1 is 1.22 bits per heavy atom. The summed E-state index contributed by atoms with van der Waals surface area (Å²) < 4.78 is 0. The van der Waals surface area contributed by atoms with Crippen molar-refractivity contribution in [2.45, 2.75) is 26.3 Å². The third kappa shape index (κ3) is 3.62. The van der Waals surface area contributed by atoms with Crippen molar-refractivity contribution in [3.05, 3.63) is 35.5 Å². The summed E-state index contributed by atoms with van der Waals surface area (Å²) >= 11 is 5.95. The number of halogens is 1. The van der Waals surface area contributed by atoms with Crippen molar-refractivity contribution in [2.75, 3.05) is 31.1 Å². The van der Waals surface area contributed by atoms with E-state index in [2.05, 4.69) is 33.8 Å². The number of hydrogen-bond acceptors (Lipinski definition) is 5. The van der Waals surface area contributed by atoms with E-state index < -0.39 is 0 Å². The summed E-state index contributed by atoms with van der Waals surface area (Å²) in [6.45, 7) is 8.54. The summed E-state index contributed by atoms with van der Waals surface area (Å²) in [4.78, 5) is 9.42. The zero-order valence-corrected chi connectivity index (χ0v) is 14.4. The van der Waals surface area contributed by atoms with Gasteiger partial charge >= 0.3 is 0 Å². The fourth-order valence-corrected chi connectivity index (χ4v) is 3.28. The first-order valence-electron chi connectivity index (χ1n) is 8.16. The highest BCUT2D eigenvalue weighted by atomic mass is 35.5. The molecule has 0 spiro atoms. The molecule has 1 fully saturated rings. The second kappa shape index (κ2) is 7.23. The van der Waals surface area contributed by atoms with E-state index in [1.807, 2.05) is 24.3 Å². The summed E-state index contributed by atoms with van der Waals surface area (Å²) in [5.74, 6) is 0.715. The van der Waals surface area contributed by atoms with Gasteiger partial charge in [0.05, 0.1) is 11.9 Å². The Hall–Kier alpha value is -1.72. The van der Waals surface area contributed by atoms with Crippen LogP contribution in [0.3, 0.4) is 0 Å². The molecule has 122 valence electrons. The molecule has 1 aromatic heterocycles. The van der Waals surface area contributed by atoms with E-state index in [-0.39, 0.29) is 0 Å². The number of benzene rings is 1. The Balaban J connectivity index is 1.77. The average molecular weight is 332 g/mol. The molecule has 1 aliphatic rings. The van der Waals surface area contributed by atoms with Crippen LogP contribution in [-0.4, -0.2) is 52.3 Å². The van der Waals surface area contributed by atoms with Gasteiger partial charge in [0, 0.05) is 29.7 Å². The van der Waals surface area contributed by atoms with Crippen LogP contribution >= 0.6 is 11.6 Å². The first-order valence-corrected chi connectivity index (χ1v) is 8.53. The normalized spacial score (nSPS) is 17.9. The highest BCUT2D eigenvalue weighted by molar-refractivity contribution is 6.30. The van der Waals surface area contributed by atoms with E-state index in [1.165, 1.54) is 0 Å².